The summed E-state index contributed by atoms with van der Waals surface area (Å²) in [6, 6.07) is 25.1. The lowest BCUT2D eigenvalue weighted by atomic mass is 10.0. The zero-order chi connectivity index (χ0) is 25.3. The molecule has 3 aromatic carbocycles. The first-order valence-electron chi connectivity index (χ1n) is 12.6. The Morgan fingerprint density at radius 1 is 0.972 bits per heavy atom. The van der Waals surface area contributed by atoms with Crippen molar-refractivity contribution in [2.45, 2.75) is 62.6 Å². The third kappa shape index (κ3) is 7.37. The molecule has 0 radical (unpaired) electrons. The number of amides is 2. The SMILES string of the molecule is Cc1ccc(SCC(=O)N(Cc2ccccc2Cl)[C@@H](Cc2ccccc2)C(=O)NC2CCCC2)cc1. The first-order valence-corrected chi connectivity index (χ1v) is 13.9. The van der Waals surface area contributed by atoms with Gasteiger partial charge in [0.1, 0.15) is 6.04 Å². The van der Waals surface area contributed by atoms with Gasteiger partial charge in [0.05, 0.1) is 5.75 Å². The van der Waals surface area contributed by atoms with E-state index in [2.05, 4.69) is 5.32 Å². The molecule has 0 unspecified atom stereocenters. The van der Waals surface area contributed by atoms with Crippen LogP contribution < -0.4 is 5.32 Å². The lowest BCUT2D eigenvalue weighted by Gasteiger charge is -2.32. The average molecular weight is 521 g/mol. The smallest absolute Gasteiger partial charge is 0.243 e. The number of aryl methyl sites for hydroxylation is 1. The van der Waals surface area contributed by atoms with Crippen LogP contribution in [-0.4, -0.2) is 34.6 Å². The highest BCUT2D eigenvalue weighted by Crippen LogP contribution is 2.24. The Bertz CT molecular complexity index is 1150. The number of halogens is 1. The van der Waals surface area contributed by atoms with Crippen molar-refractivity contribution in [1.29, 1.82) is 0 Å². The van der Waals surface area contributed by atoms with E-state index in [9.17, 15) is 9.59 Å². The molecule has 1 fully saturated rings. The largest absolute Gasteiger partial charge is 0.352 e. The van der Waals surface area contributed by atoms with Crippen molar-refractivity contribution >= 4 is 35.2 Å². The summed E-state index contributed by atoms with van der Waals surface area (Å²) in [6.45, 7) is 2.32. The van der Waals surface area contributed by atoms with Gasteiger partial charge in [0.25, 0.3) is 0 Å². The van der Waals surface area contributed by atoms with Crippen molar-refractivity contribution in [3.8, 4) is 0 Å². The van der Waals surface area contributed by atoms with E-state index in [0.29, 0.717) is 11.4 Å². The Hall–Kier alpha value is -2.76. The van der Waals surface area contributed by atoms with Crippen LogP contribution in [0, 0.1) is 6.92 Å². The monoisotopic (exact) mass is 520 g/mol. The van der Waals surface area contributed by atoms with Crippen molar-refractivity contribution in [2.75, 3.05) is 5.75 Å². The van der Waals surface area contributed by atoms with Crippen LogP contribution in [0.2, 0.25) is 5.02 Å². The van der Waals surface area contributed by atoms with Crippen LogP contribution in [-0.2, 0) is 22.6 Å². The van der Waals surface area contributed by atoms with Gasteiger partial charge in [0, 0.05) is 28.9 Å². The van der Waals surface area contributed by atoms with E-state index >= 15 is 0 Å². The zero-order valence-corrected chi connectivity index (χ0v) is 22.2. The van der Waals surface area contributed by atoms with Gasteiger partial charge in [0.2, 0.25) is 11.8 Å². The molecule has 1 saturated carbocycles. The molecule has 0 bridgehead atoms. The molecule has 1 aliphatic rings. The van der Waals surface area contributed by atoms with Crippen LogP contribution in [0.1, 0.15) is 42.4 Å². The van der Waals surface area contributed by atoms with Crippen LogP contribution in [0.3, 0.4) is 0 Å². The van der Waals surface area contributed by atoms with Gasteiger partial charge in [-0.1, -0.05) is 90.7 Å². The number of nitrogens with one attached hydrogen (secondary N) is 1. The van der Waals surface area contributed by atoms with Gasteiger partial charge in [-0.25, -0.2) is 0 Å². The summed E-state index contributed by atoms with van der Waals surface area (Å²) in [6.07, 6.45) is 4.69. The van der Waals surface area contributed by atoms with Crippen LogP contribution >= 0.6 is 23.4 Å². The first-order chi connectivity index (χ1) is 17.5. The van der Waals surface area contributed by atoms with Crippen molar-refractivity contribution in [3.63, 3.8) is 0 Å². The fraction of sp³-hybridized carbons (Fsp3) is 0.333. The minimum atomic E-state index is -0.629. The molecule has 1 N–H and O–H groups in total. The van der Waals surface area contributed by atoms with Gasteiger partial charge in [-0.15, -0.1) is 11.8 Å². The van der Waals surface area contributed by atoms with E-state index in [1.165, 1.54) is 17.3 Å². The van der Waals surface area contributed by atoms with Crippen molar-refractivity contribution in [1.82, 2.24) is 10.2 Å². The molecule has 1 aliphatic carbocycles. The second kappa shape index (κ2) is 13.0. The Labute approximate surface area is 223 Å². The van der Waals surface area contributed by atoms with E-state index in [-0.39, 0.29) is 30.2 Å². The molecule has 0 aliphatic heterocycles. The van der Waals surface area contributed by atoms with Gasteiger partial charge < -0.3 is 10.2 Å². The summed E-state index contributed by atoms with van der Waals surface area (Å²) in [5, 5.41) is 3.84. The predicted octanol–water partition coefficient (Wildman–Crippen LogP) is 6.44. The van der Waals surface area contributed by atoms with Gasteiger partial charge in [0.15, 0.2) is 0 Å². The van der Waals surface area contributed by atoms with E-state index in [0.717, 1.165) is 41.7 Å². The molecular weight excluding hydrogens is 488 g/mol. The topological polar surface area (TPSA) is 49.4 Å². The molecular formula is C30H33ClN2O2S. The number of hydrogen-bond donors (Lipinski definition) is 1. The Balaban J connectivity index is 1.61. The molecule has 36 heavy (non-hydrogen) atoms. The molecule has 4 rings (SSSR count). The highest BCUT2D eigenvalue weighted by Gasteiger charge is 2.32. The number of benzene rings is 3. The second-order valence-corrected chi connectivity index (χ2v) is 10.9. The zero-order valence-electron chi connectivity index (χ0n) is 20.7. The number of nitrogens with zero attached hydrogens (tertiary/aromatic N) is 1. The average Bonchev–Trinajstić information content (AvgIpc) is 3.40. The minimum absolute atomic E-state index is 0.0806. The summed E-state index contributed by atoms with van der Waals surface area (Å²) in [7, 11) is 0. The van der Waals surface area contributed by atoms with E-state index in [1.54, 1.807) is 4.90 Å². The Morgan fingerprint density at radius 3 is 2.33 bits per heavy atom. The number of hydrogen-bond acceptors (Lipinski definition) is 3. The van der Waals surface area contributed by atoms with E-state index < -0.39 is 6.04 Å². The predicted molar refractivity (Wildman–Crippen MR) is 148 cm³/mol. The molecule has 6 heteroatoms. The summed E-state index contributed by atoms with van der Waals surface area (Å²) < 4.78 is 0. The van der Waals surface area contributed by atoms with Gasteiger partial charge in [-0.3, -0.25) is 9.59 Å². The third-order valence-electron chi connectivity index (χ3n) is 6.65. The molecule has 1 atom stereocenters. The highest BCUT2D eigenvalue weighted by atomic mass is 35.5. The molecule has 0 heterocycles. The lowest BCUT2D eigenvalue weighted by Crippen LogP contribution is -2.52. The molecule has 3 aromatic rings. The van der Waals surface area contributed by atoms with E-state index in [4.69, 9.17) is 11.6 Å². The molecule has 2 amide bonds. The third-order valence-corrected chi connectivity index (χ3v) is 8.02. The fourth-order valence-corrected chi connectivity index (χ4v) is 5.57. The maximum absolute atomic E-state index is 13.8. The van der Waals surface area contributed by atoms with Gasteiger partial charge in [-0.2, -0.15) is 0 Å². The second-order valence-electron chi connectivity index (χ2n) is 9.41. The van der Waals surface area contributed by atoms with Crippen LogP contribution in [0.15, 0.2) is 83.8 Å². The quantitative estimate of drug-likeness (QED) is 0.313. The lowest BCUT2D eigenvalue weighted by molar-refractivity contribution is -0.139. The minimum Gasteiger partial charge on any atom is -0.352 e. The number of carbonyl (C=O) groups is 2. The van der Waals surface area contributed by atoms with Crippen LogP contribution in [0.4, 0.5) is 0 Å². The standard InChI is InChI=1S/C30H33ClN2O2S/c1-22-15-17-26(18-16-22)36-21-29(34)33(20-24-11-5-8-14-27(24)31)28(19-23-9-3-2-4-10-23)30(35)32-25-12-6-7-13-25/h2-5,8-11,14-18,25,28H,6-7,12-13,19-21H2,1H3,(H,32,35)/t28-/m0/s1. The first kappa shape index (κ1) is 26.3. The summed E-state index contributed by atoms with van der Waals surface area (Å²) >= 11 is 7.99. The van der Waals surface area contributed by atoms with Crippen LogP contribution in [0.25, 0.3) is 0 Å². The van der Waals surface area contributed by atoms with Crippen molar-refractivity contribution in [3.05, 3.63) is 101 Å². The number of thioether (sulfide) groups is 1. The summed E-state index contributed by atoms with van der Waals surface area (Å²) in [4.78, 5) is 30.2. The molecule has 188 valence electrons. The maximum atomic E-state index is 13.8. The molecule has 0 aromatic heterocycles. The fourth-order valence-electron chi connectivity index (χ4n) is 4.59. The summed E-state index contributed by atoms with van der Waals surface area (Å²) in [5.41, 5.74) is 3.03. The maximum Gasteiger partial charge on any atom is 0.243 e. The number of rotatable bonds is 10. The van der Waals surface area contributed by atoms with Crippen molar-refractivity contribution in [2.24, 2.45) is 0 Å². The van der Waals surface area contributed by atoms with Gasteiger partial charge in [-0.05, 0) is 49.1 Å². The van der Waals surface area contributed by atoms with Crippen LogP contribution in [0.5, 0.6) is 0 Å². The highest BCUT2D eigenvalue weighted by molar-refractivity contribution is 8.00. The molecule has 4 nitrogen and oxygen atoms in total. The van der Waals surface area contributed by atoms with Crippen molar-refractivity contribution < 1.29 is 9.59 Å². The van der Waals surface area contributed by atoms with Gasteiger partial charge >= 0.3 is 0 Å². The van der Waals surface area contributed by atoms with E-state index in [1.807, 2.05) is 85.8 Å². The summed E-state index contributed by atoms with van der Waals surface area (Å²) in [5.74, 6) is 0.0738. The Kier molecular flexibility index (Phi) is 9.48. The number of carbonyl (C=O) groups excluding carboxylic acids is 2. The Morgan fingerprint density at radius 2 is 1.64 bits per heavy atom. The molecule has 0 spiro atoms. The normalized spacial score (nSPS) is 14.4. The molecule has 0 saturated heterocycles.